The Labute approximate surface area is 129 Å². The van der Waals surface area contributed by atoms with Gasteiger partial charge < -0.3 is 5.11 Å². The van der Waals surface area contributed by atoms with E-state index in [1.54, 1.807) is 6.41 Å². The number of carboxylic acids is 1. The Hall–Kier alpha value is -2.66. The van der Waals surface area contributed by atoms with E-state index in [-0.39, 0.29) is 13.0 Å². The quantitative estimate of drug-likeness (QED) is 0.575. The van der Waals surface area contributed by atoms with Gasteiger partial charge in [0.2, 0.25) is 0 Å². The van der Waals surface area contributed by atoms with Crippen LogP contribution in [0.1, 0.15) is 11.1 Å². The van der Waals surface area contributed by atoms with Gasteiger partial charge in [-0.25, -0.2) is 5.43 Å². The van der Waals surface area contributed by atoms with Crippen LogP contribution in [0.3, 0.4) is 0 Å². The molecule has 5 heteroatoms. The topological polar surface area (TPSA) is 69.6 Å². The van der Waals surface area contributed by atoms with Gasteiger partial charge in [-0.2, -0.15) is 0 Å². The Bertz CT molecular complexity index is 602. The van der Waals surface area contributed by atoms with Crippen LogP contribution in [0.5, 0.6) is 0 Å². The molecule has 2 N–H and O–H groups in total. The third kappa shape index (κ3) is 4.71. The van der Waals surface area contributed by atoms with Gasteiger partial charge >= 0.3 is 12.4 Å². The fourth-order valence-corrected chi connectivity index (χ4v) is 2.10. The summed E-state index contributed by atoms with van der Waals surface area (Å²) in [5.74, 6) is -1.02. The Balaban J connectivity index is 2.02. The number of benzene rings is 2. The first-order valence-corrected chi connectivity index (χ1v) is 6.91. The maximum absolute atomic E-state index is 11.4. The molecule has 0 heterocycles. The van der Waals surface area contributed by atoms with Crippen LogP contribution in [0.15, 0.2) is 60.7 Å². The SMILES string of the molecule is O=[C]N(Cc1ccccc1)NC(Cc1ccccc1)C(=O)O. The van der Waals surface area contributed by atoms with E-state index < -0.39 is 12.0 Å². The van der Waals surface area contributed by atoms with Crippen molar-refractivity contribution >= 4 is 12.4 Å². The largest absolute Gasteiger partial charge is 0.480 e. The zero-order valence-electron chi connectivity index (χ0n) is 12.0. The third-order valence-corrected chi connectivity index (χ3v) is 3.19. The summed E-state index contributed by atoms with van der Waals surface area (Å²) in [4.78, 5) is 22.5. The number of carboxylic acid groups (broad SMARTS) is 1. The van der Waals surface area contributed by atoms with Gasteiger partial charge in [0.25, 0.3) is 0 Å². The predicted molar refractivity (Wildman–Crippen MR) is 82.4 cm³/mol. The molecule has 2 aromatic carbocycles. The maximum atomic E-state index is 11.4. The predicted octanol–water partition coefficient (Wildman–Crippen LogP) is 1.76. The van der Waals surface area contributed by atoms with Crippen LogP contribution in [-0.4, -0.2) is 28.5 Å². The second-order valence-corrected chi connectivity index (χ2v) is 4.87. The average Bonchev–Trinajstić information content (AvgIpc) is 2.55. The van der Waals surface area contributed by atoms with E-state index >= 15 is 0 Å². The van der Waals surface area contributed by atoms with Crippen LogP contribution >= 0.6 is 0 Å². The van der Waals surface area contributed by atoms with E-state index in [9.17, 15) is 14.7 Å². The van der Waals surface area contributed by atoms with Crippen molar-refractivity contribution in [3.8, 4) is 0 Å². The van der Waals surface area contributed by atoms with Crippen molar-refractivity contribution in [2.75, 3.05) is 0 Å². The number of hydrogen-bond donors (Lipinski definition) is 2. The Kier molecular flexibility index (Phi) is 5.68. The van der Waals surface area contributed by atoms with E-state index in [4.69, 9.17) is 0 Å². The molecule has 2 aromatic rings. The molecule has 113 valence electrons. The monoisotopic (exact) mass is 297 g/mol. The van der Waals surface area contributed by atoms with E-state index in [0.29, 0.717) is 0 Å². The van der Waals surface area contributed by atoms with Gasteiger partial charge in [-0.1, -0.05) is 60.7 Å². The molecule has 1 atom stereocenters. The molecule has 0 aliphatic rings. The number of nitrogens with zero attached hydrogens (tertiary/aromatic N) is 1. The summed E-state index contributed by atoms with van der Waals surface area (Å²) in [6.45, 7) is 0.253. The lowest BCUT2D eigenvalue weighted by Gasteiger charge is -2.23. The molecule has 1 amide bonds. The molecular weight excluding hydrogens is 280 g/mol. The Morgan fingerprint density at radius 1 is 1.05 bits per heavy atom. The van der Waals surface area contributed by atoms with Gasteiger partial charge in [-0.15, -0.1) is 0 Å². The van der Waals surface area contributed by atoms with E-state index in [1.807, 2.05) is 60.7 Å². The molecule has 5 nitrogen and oxygen atoms in total. The summed E-state index contributed by atoms with van der Waals surface area (Å²) >= 11 is 0. The van der Waals surface area contributed by atoms with Crippen molar-refractivity contribution < 1.29 is 14.7 Å². The number of aliphatic carboxylic acids is 1. The van der Waals surface area contributed by atoms with Gasteiger partial charge in [0.1, 0.15) is 6.04 Å². The number of hydrazine groups is 1. The highest BCUT2D eigenvalue weighted by Gasteiger charge is 2.20. The highest BCUT2D eigenvalue weighted by atomic mass is 16.4. The summed E-state index contributed by atoms with van der Waals surface area (Å²) in [6, 6.07) is 17.7. The summed E-state index contributed by atoms with van der Waals surface area (Å²) in [7, 11) is 0. The van der Waals surface area contributed by atoms with E-state index in [0.717, 1.165) is 16.1 Å². The number of amides is 1. The van der Waals surface area contributed by atoms with Crippen molar-refractivity contribution in [3.63, 3.8) is 0 Å². The first kappa shape index (κ1) is 15.7. The molecule has 1 radical (unpaired) electrons. The molecule has 0 saturated heterocycles. The van der Waals surface area contributed by atoms with Crippen molar-refractivity contribution in [1.29, 1.82) is 0 Å². The molecule has 0 saturated carbocycles. The van der Waals surface area contributed by atoms with Crippen molar-refractivity contribution in [2.24, 2.45) is 0 Å². The molecule has 0 bridgehead atoms. The number of carbonyl (C=O) groups excluding carboxylic acids is 1. The summed E-state index contributed by atoms with van der Waals surface area (Å²) in [6.07, 6.45) is 2.01. The van der Waals surface area contributed by atoms with Gasteiger partial charge in [0, 0.05) is 6.42 Å². The zero-order chi connectivity index (χ0) is 15.8. The third-order valence-electron chi connectivity index (χ3n) is 3.19. The van der Waals surface area contributed by atoms with Crippen molar-refractivity contribution in [3.05, 3.63) is 71.8 Å². The molecule has 22 heavy (non-hydrogen) atoms. The molecule has 0 spiro atoms. The first-order chi connectivity index (χ1) is 10.7. The lowest BCUT2D eigenvalue weighted by molar-refractivity contribution is -0.140. The normalized spacial score (nSPS) is 11.6. The molecule has 0 aliphatic heterocycles. The molecule has 1 unspecified atom stereocenters. The number of carbonyl (C=O) groups is 1. The van der Waals surface area contributed by atoms with Crippen molar-refractivity contribution in [1.82, 2.24) is 10.4 Å². The lowest BCUT2D eigenvalue weighted by atomic mass is 10.1. The molecule has 0 fully saturated rings. The van der Waals surface area contributed by atoms with Gasteiger partial charge in [-0.3, -0.25) is 14.6 Å². The smallest absolute Gasteiger partial charge is 0.327 e. The zero-order valence-corrected chi connectivity index (χ0v) is 12.0. The van der Waals surface area contributed by atoms with Crippen LogP contribution in [0.25, 0.3) is 0 Å². The minimum absolute atomic E-state index is 0.253. The Morgan fingerprint density at radius 3 is 2.09 bits per heavy atom. The average molecular weight is 297 g/mol. The molecule has 0 aromatic heterocycles. The summed E-state index contributed by atoms with van der Waals surface area (Å²) in [5.41, 5.74) is 4.48. The minimum atomic E-state index is -1.02. The molecule has 0 aliphatic carbocycles. The molecule has 2 rings (SSSR count). The number of hydrogen-bond acceptors (Lipinski definition) is 3. The van der Waals surface area contributed by atoms with E-state index in [2.05, 4.69) is 5.43 Å². The van der Waals surface area contributed by atoms with Crippen LogP contribution in [0, 0.1) is 0 Å². The van der Waals surface area contributed by atoms with E-state index in [1.165, 1.54) is 0 Å². The standard InChI is InChI=1S/C17H17N2O3/c20-13-19(12-15-9-5-2-6-10-15)18-16(17(21)22)11-14-7-3-1-4-8-14/h1-10,16,18H,11-12H2,(H,21,22). The summed E-state index contributed by atoms with van der Waals surface area (Å²) < 4.78 is 0. The fourth-order valence-electron chi connectivity index (χ4n) is 2.10. The highest BCUT2D eigenvalue weighted by Crippen LogP contribution is 2.06. The van der Waals surface area contributed by atoms with Crippen LogP contribution < -0.4 is 5.43 Å². The van der Waals surface area contributed by atoms with Crippen LogP contribution in [0.4, 0.5) is 0 Å². The van der Waals surface area contributed by atoms with Gasteiger partial charge in [-0.05, 0) is 11.1 Å². The van der Waals surface area contributed by atoms with Crippen LogP contribution in [0.2, 0.25) is 0 Å². The Morgan fingerprint density at radius 2 is 1.59 bits per heavy atom. The molecular formula is C17H17N2O3. The second-order valence-electron chi connectivity index (χ2n) is 4.87. The van der Waals surface area contributed by atoms with Gasteiger partial charge in [0.15, 0.2) is 0 Å². The highest BCUT2D eigenvalue weighted by molar-refractivity contribution is 5.74. The minimum Gasteiger partial charge on any atom is -0.480 e. The maximum Gasteiger partial charge on any atom is 0.327 e. The summed E-state index contributed by atoms with van der Waals surface area (Å²) in [5, 5.41) is 10.5. The number of nitrogens with one attached hydrogen (secondary N) is 1. The first-order valence-electron chi connectivity index (χ1n) is 6.91. The van der Waals surface area contributed by atoms with Crippen molar-refractivity contribution in [2.45, 2.75) is 19.0 Å². The number of rotatable bonds is 8. The lowest BCUT2D eigenvalue weighted by Crippen LogP contribution is -2.48. The fraction of sp³-hybridized carbons (Fsp3) is 0.176. The van der Waals surface area contributed by atoms with Crippen LogP contribution in [-0.2, 0) is 22.6 Å². The second kappa shape index (κ2) is 7.95. The van der Waals surface area contributed by atoms with Gasteiger partial charge in [0.05, 0.1) is 6.54 Å².